The molecule has 1 aromatic carbocycles. The fourth-order valence-electron chi connectivity index (χ4n) is 1.40. The third-order valence-corrected chi connectivity index (χ3v) is 3.94. The minimum Gasteiger partial charge on any atom is -0.380 e. The normalized spacial score (nSPS) is 10.4. The van der Waals surface area contributed by atoms with Gasteiger partial charge in [-0.05, 0) is 35.6 Å². The van der Waals surface area contributed by atoms with Crippen LogP contribution in [-0.2, 0) is 6.54 Å². The van der Waals surface area contributed by atoms with Crippen molar-refractivity contribution in [1.82, 2.24) is 0 Å². The van der Waals surface area contributed by atoms with E-state index in [1.54, 1.807) is 17.4 Å². The summed E-state index contributed by atoms with van der Waals surface area (Å²) in [6, 6.07) is 4.74. The number of aryl methyl sites for hydroxylation is 1. The molecule has 0 atom stereocenters. The van der Waals surface area contributed by atoms with Crippen LogP contribution < -0.4 is 5.32 Å². The molecule has 0 radical (unpaired) electrons. The zero-order chi connectivity index (χ0) is 11.5. The molecule has 0 aliphatic heterocycles. The van der Waals surface area contributed by atoms with Gasteiger partial charge in [0.2, 0.25) is 0 Å². The predicted octanol–water partition coefficient (Wildman–Crippen LogP) is 4.57. The summed E-state index contributed by atoms with van der Waals surface area (Å²) >= 11 is 5.03. The predicted molar refractivity (Wildman–Crippen MR) is 70.5 cm³/mol. The lowest BCUT2D eigenvalue weighted by atomic mass is 10.2. The summed E-state index contributed by atoms with van der Waals surface area (Å²) in [6.45, 7) is 2.76. The maximum Gasteiger partial charge on any atom is 0.124 e. The van der Waals surface area contributed by atoms with Gasteiger partial charge in [-0.25, -0.2) is 4.39 Å². The first-order valence-corrected chi connectivity index (χ1v) is 6.61. The molecule has 0 amide bonds. The SMILES string of the molecule is Cc1cscc1NCc1ccc(F)cc1Br. The van der Waals surface area contributed by atoms with Gasteiger partial charge in [0.05, 0.1) is 0 Å². The largest absolute Gasteiger partial charge is 0.380 e. The number of rotatable bonds is 3. The zero-order valence-corrected chi connectivity index (χ0v) is 11.2. The smallest absolute Gasteiger partial charge is 0.124 e. The van der Waals surface area contributed by atoms with Crippen LogP contribution >= 0.6 is 27.3 Å². The highest BCUT2D eigenvalue weighted by Gasteiger charge is 2.03. The summed E-state index contributed by atoms with van der Waals surface area (Å²) in [7, 11) is 0. The van der Waals surface area contributed by atoms with Crippen LogP contribution in [0.15, 0.2) is 33.4 Å². The van der Waals surface area contributed by atoms with Gasteiger partial charge in [-0.1, -0.05) is 22.0 Å². The molecule has 1 aromatic heterocycles. The van der Waals surface area contributed by atoms with Crippen LogP contribution in [0.2, 0.25) is 0 Å². The lowest BCUT2D eigenvalue weighted by molar-refractivity contribution is 0.626. The summed E-state index contributed by atoms with van der Waals surface area (Å²) < 4.78 is 13.7. The third-order valence-electron chi connectivity index (χ3n) is 2.34. The van der Waals surface area contributed by atoms with E-state index in [1.165, 1.54) is 17.7 Å². The van der Waals surface area contributed by atoms with E-state index >= 15 is 0 Å². The number of nitrogens with one attached hydrogen (secondary N) is 1. The minimum absolute atomic E-state index is 0.220. The van der Waals surface area contributed by atoms with Crippen molar-refractivity contribution in [3.05, 3.63) is 50.4 Å². The van der Waals surface area contributed by atoms with Crippen molar-refractivity contribution in [1.29, 1.82) is 0 Å². The van der Waals surface area contributed by atoms with Crippen LogP contribution in [0.5, 0.6) is 0 Å². The minimum atomic E-state index is -0.220. The molecule has 2 rings (SSSR count). The van der Waals surface area contributed by atoms with Crippen molar-refractivity contribution < 1.29 is 4.39 Å². The number of benzene rings is 1. The first-order chi connectivity index (χ1) is 7.66. The molecule has 0 unspecified atom stereocenters. The van der Waals surface area contributed by atoms with Gasteiger partial charge in [0, 0.05) is 22.1 Å². The van der Waals surface area contributed by atoms with E-state index in [0.717, 1.165) is 15.7 Å². The summed E-state index contributed by atoms with van der Waals surface area (Å²) in [5.41, 5.74) is 3.43. The molecular formula is C12H11BrFNS. The van der Waals surface area contributed by atoms with Crippen LogP contribution in [0.3, 0.4) is 0 Å². The molecule has 0 aliphatic rings. The molecule has 0 aliphatic carbocycles. The zero-order valence-electron chi connectivity index (χ0n) is 8.76. The maximum atomic E-state index is 12.9. The van der Waals surface area contributed by atoms with E-state index in [0.29, 0.717) is 6.54 Å². The topological polar surface area (TPSA) is 12.0 Å². The van der Waals surface area contributed by atoms with Gasteiger partial charge in [-0.2, -0.15) is 0 Å². The van der Waals surface area contributed by atoms with Gasteiger partial charge >= 0.3 is 0 Å². The van der Waals surface area contributed by atoms with Crippen molar-refractivity contribution in [2.75, 3.05) is 5.32 Å². The number of thiophene rings is 1. The summed E-state index contributed by atoms with van der Waals surface area (Å²) in [4.78, 5) is 0. The van der Waals surface area contributed by atoms with Crippen LogP contribution in [0.1, 0.15) is 11.1 Å². The highest BCUT2D eigenvalue weighted by atomic mass is 79.9. The van der Waals surface area contributed by atoms with Crippen molar-refractivity contribution in [2.45, 2.75) is 13.5 Å². The van der Waals surface area contributed by atoms with E-state index in [2.05, 4.69) is 38.9 Å². The van der Waals surface area contributed by atoms with Crippen molar-refractivity contribution in [2.24, 2.45) is 0 Å². The Morgan fingerprint density at radius 1 is 1.38 bits per heavy atom. The Kier molecular flexibility index (Phi) is 3.61. The van der Waals surface area contributed by atoms with Crippen molar-refractivity contribution in [3.8, 4) is 0 Å². The molecule has 84 valence electrons. The molecule has 4 heteroatoms. The van der Waals surface area contributed by atoms with Gasteiger partial charge in [-0.3, -0.25) is 0 Å². The standard InChI is InChI=1S/C12H11BrFNS/c1-8-6-16-7-12(8)15-5-9-2-3-10(14)4-11(9)13/h2-4,6-7,15H,5H2,1H3. The Hall–Kier alpha value is -0.870. The third kappa shape index (κ3) is 2.62. The fourth-order valence-corrected chi connectivity index (χ4v) is 2.69. The Labute approximate surface area is 106 Å². The molecule has 1 heterocycles. The second-order valence-electron chi connectivity index (χ2n) is 3.56. The van der Waals surface area contributed by atoms with Crippen LogP contribution in [0.4, 0.5) is 10.1 Å². The van der Waals surface area contributed by atoms with E-state index in [4.69, 9.17) is 0 Å². The number of halogens is 2. The number of anilines is 1. The Morgan fingerprint density at radius 2 is 2.19 bits per heavy atom. The lowest BCUT2D eigenvalue weighted by Gasteiger charge is -2.07. The quantitative estimate of drug-likeness (QED) is 0.875. The van der Waals surface area contributed by atoms with Crippen molar-refractivity contribution in [3.63, 3.8) is 0 Å². The van der Waals surface area contributed by atoms with Gasteiger partial charge in [0.25, 0.3) is 0 Å². The van der Waals surface area contributed by atoms with Crippen LogP contribution in [0, 0.1) is 12.7 Å². The Bertz CT molecular complexity index is 496. The molecular weight excluding hydrogens is 289 g/mol. The van der Waals surface area contributed by atoms with Gasteiger partial charge < -0.3 is 5.32 Å². The highest BCUT2D eigenvalue weighted by molar-refractivity contribution is 9.10. The molecule has 1 nitrogen and oxygen atoms in total. The average Bonchev–Trinajstić information content (AvgIpc) is 2.63. The molecule has 2 aromatic rings. The van der Waals surface area contributed by atoms with E-state index in [1.807, 2.05) is 0 Å². The summed E-state index contributed by atoms with van der Waals surface area (Å²) in [6.07, 6.45) is 0. The van der Waals surface area contributed by atoms with Crippen LogP contribution in [-0.4, -0.2) is 0 Å². The molecule has 0 spiro atoms. The summed E-state index contributed by atoms with van der Waals surface area (Å²) in [5, 5.41) is 7.50. The highest BCUT2D eigenvalue weighted by Crippen LogP contribution is 2.23. The first-order valence-electron chi connectivity index (χ1n) is 4.87. The van der Waals surface area contributed by atoms with E-state index < -0.39 is 0 Å². The molecule has 0 saturated carbocycles. The second kappa shape index (κ2) is 4.97. The lowest BCUT2D eigenvalue weighted by Crippen LogP contribution is -2.00. The Balaban J connectivity index is 2.08. The van der Waals surface area contributed by atoms with Gasteiger partial charge in [-0.15, -0.1) is 11.3 Å². The number of hydrogen-bond donors (Lipinski definition) is 1. The van der Waals surface area contributed by atoms with Crippen molar-refractivity contribution >= 4 is 33.0 Å². The molecule has 16 heavy (non-hydrogen) atoms. The first kappa shape index (κ1) is 11.6. The number of hydrogen-bond acceptors (Lipinski definition) is 2. The van der Waals surface area contributed by atoms with Gasteiger partial charge in [0.1, 0.15) is 5.82 Å². The average molecular weight is 300 g/mol. The Morgan fingerprint density at radius 3 is 2.81 bits per heavy atom. The molecule has 1 N–H and O–H groups in total. The summed E-state index contributed by atoms with van der Waals surface area (Å²) in [5.74, 6) is -0.220. The van der Waals surface area contributed by atoms with Crippen LogP contribution in [0.25, 0.3) is 0 Å². The van der Waals surface area contributed by atoms with E-state index in [9.17, 15) is 4.39 Å². The molecule has 0 fully saturated rings. The van der Waals surface area contributed by atoms with E-state index in [-0.39, 0.29) is 5.82 Å². The maximum absolute atomic E-state index is 12.9. The second-order valence-corrected chi connectivity index (χ2v) is 5.16. The fraction of sp³-hybridized carbons (Fsp3) is 0.167. The molecule has 0 bridgehead atoms. The monoisotopic (exact) mass is 299 g/mol. The molecule has 0 saturated heterocycles. The van der Waals surface area contributed by atoms with Gasteiger partial charge in [0.15, 0.2) is 0 Å².